The Hall–Kier alpha value is -3.56. The first-order chi connectivity index (χ1) is 16.6. The van der Waals surface area contributed by atoms with E-state index < -0.39 is 48.6 Å². The predicted molar refractivity (Wildman–Crippen MR) is 117 cm³/mol. The largest absolute Gasteiger partial charge is 0.481 e. The molecular formula is C25H23F3N2O5. The Labute approximate surface area is 198 Å². The molecule has 0 spiro atoms. The number of alkyl carbamates (subject to hydrolysis) is 1. The van der Waals surface area contributed by atoms with Crippen LogP contribution in [0, 0.1) is 11.8 Å². The lowest BCUT2D eigenvalue weighted by Crippen LogP contribution is -2.53. The summed E-state index contributed by atoms with van der Waals surface area (Å²) in [4.78, 5) is 38.0. The van der Waals surface area contributed by atoms with Crippen LogP contribution < -0.4 is 5.32 Å². The van der Waals surface area contributed by atoms with Gasteiger partial charge >= 0.3 is 18.2 Å². The Balaban J connectivity index is 1.27. The van der Waals surface area contributed by atoms with Crippen LogP contribution >= 0.6 is 0 Å². The van der Waals surface area contributed by atoms with E-state index in [0.29, 0.717) is 6.42 Å². The molecule has 2 heterocycles. The molecule has 6 rings (SSSR count). The van der Waals surface area contributed by atoms with Crippen LogP contribution in [0.3, 0.4) is 0 Å². The molecule has 0 aromatic heterocycles. The lowest BCUT2D eigenvalue weighted by Gasteiger charge is -2.34. The molecule has 2 N–H and O–H groups in total. The molecule has 2 aromatic rings. The summed E-state index contributed by atoms with van der Waals surface area (Å²) in [6.07, 6.45) is -6.98. The minimum atomic E-state index is -4.72. The van der Waals surface area contributed by atoms with Crippen LogP contribution in [0.25, 0.3) is 11.1 Å². The van der Waals surface area contributed by atoms with Crippen molar-refractivity contribution in [1.82, 2.24) is 10.2 Å². The lowest BCUT2D eigenvalue weighted by molar-refractivity contribution is -0.156. The van der Waals surface area contributed by atoms with Gasteiger partial charge in [-0.2, -0.15) is 13.2 Å². The third-order valence-electron chi connectivity index (χ3n) is 7.24. The van der Waals surface area contributed by atoms with Crippen LogP contribution in [0.15, 0.2) is 48.5 Å². The smallest absolute Gasteiger partial charge is 0.407 e. The zero-order chi connectivity index (χ0) is 24.9. The summed E-state index contributed by atoms with van der Waals surface area (Å²) in [6, 6.07) is 12.7. The Kier molecular flexibility index (Phi) is 5.69. The van der Waals surface area contributed by atoms with Gasteiger partial charge in [0, 0.05) is 18.5 Å². The Morgan fingerprint density at radius 3 is 2.20 bits per heavy atom. The standard InChI is InChI=1S/C25H23F3N2O5/c26-25(27,28)10-19(22(31)30-11-13-9-20(30)21(13)23(32)33)29-24(34)35-12-18-16-7-3-1-5-14(16)15-6-2-4-8-17(15)18/h1-8,13,18-21H,9-12H2,(H,29,34)(H,32,33). The van der Waals surface area contributed by atoms with E-state index in [0.717, 1.165) is 27.2 Å². The number of rotatable bonds is 6. The van der Waals surface area contributed by atoms with Crippen molar-refractivity contribution in [3.63, 3.8) is 0 Å². The third-order valence-corrected chi connectivity index (χ3v) is 7.24. The first-order valence-corrected chi connectivity index (χ1v) is 11.4. The van der Waals surface area contributed by atoms with Crippen molar-refractivity contribution in [2.45, 2.75) is 37.0 Å². The number of carbonyl (C=O) groups is 3. The van der Waals surface area contributed by atoms with Crippen molar-refractivity contribution in [2.75, 3.05) is 13.2 Å². The summed E-state index contributed by atoms with van der Waals surface area (Å²) < 4.78 is 45.0. The van der Waals surface area contributed by atoms with Gasteiger partial charge in [0.1, 0.15) is 12.6 Å². The Bertz CT molecular complexity index is 1140. The van der Waals surface area contributed by atoms with Crippen LogP contribution in [0.4, 0.5) is 18.0 Å². The molecule has 35 heavy (non-hydrogen) atoms. The van der Waals surface area contributed by atoms with Crippen molar-refractivity contribution < 1.29 is 37.4 Å². The maximum absolute atomic E-state index is 13.2. The van der Waals surface area contributed by atoms with E-state index in [1.54, 1.807) is 0 Å². The predicted octanol–water partition coefficient (Wildman–Crippen LogP) is 3.78. The van der Waals surface area contributed by atoms with E-state index >= 15 is 0 Å². The highest BCUT2D eigenvalue weighted by molar-refractivity contribution is 5.88. The van der Waals surface area contributed by atoms with Crippen LogP contribution in [-0.4, -0.2) is 59.4 Å². The first-order valence-electron chi connectivity index (χ1n) is 11.4. The maximum Gasteiger partial charge on any atom is 0.407 e. The average Bonchev–Trinajstić information content (AvgIpc) is 3.46. The van der Waals surface area contributed by atoms with Gasteiger partial charge < -0.3 is 20.1 Å². The van der Waals surface area contributed by atoms with Gasteiger partial charge in [-0.15, -0.1) is 0 Å². The second-order valence-corrected chi connectivity index (χ2v) is 9.26. The number of benzene rings is 2. The normalized spacial score (nSPS) is 23.2. The summed E-state index contributed by atoms with van der Waals surface area (Å²) in [5, 5.41) is 11.4. The number of hydrogen-bond acceptors (Lipinski definition) is 4. The van der Waals surface area contributed by atoms with Gasteiger partial charge in [0.05, 0.1) is 12.3 Å². The monoisotopic (exact) mass is 488 g/mol. The fourth-order valence-electron chi connectivity index (χ4n) is 5.65. The molecule has 3 fully saturated rings. The molecule has 2 bridgehead atoms. The van der Waals surface area contributed by atoms with Crippen LogP contribution in [0.1, 0.15) is 29.9 Å². The van der Waals surface area contributed by atoms with Gasteiger partial charge in [-0.1, -0.05) is 48.5 Å². The number of carbonyl (C=O) groups excluding carboxylic acids is 2. The van der Waals surface area contributed by atoms with Crippen molar-refractivity contribution in [3.8, 4) is 11.1 Å². The fourth-order valence-corrected chi connectivity index (χ4v) is 5.65. The quantitative estimate of drug-likeness (QED) is 0.645. The summed E-state index contributed by atoms with van der Waals surface area (Å²) in [7, 11) is 0. The summed E-state index contributed by atoms with van der Waals surface area (Å²) >= 11 is 0. The van der Waals surface area contributed by atoms with E-state index in [1.807, 2.05) is 48.5 Å². The first kappa shape index (κ1) is 23.2. The molecular weight excluding hydrogens is 465 g/mol. The molecule has 2 aromatic carbocycles. The van der Waals surface area contributed by atoms with E-state index in [-0.39, 0.29) is 25.0 Å². The van der Waals surface area contributed by atoms with E-state index in [2.05, 4.69) is 5.32 Å². The van der Waals surface area contributed by atoms with Gasteiger partial charge in [-0.3, -0.25) is 9.59 Å². The minimum Gasteiger partial charge on any atom is -0.481 e. The number of nitrogens with one attached hydrogen (secondary N) is 1. The second-order valence-electron chi connectivity index (χ2n) is 9.26. The molecule has 7 nitrogen and oxygen atoms in total. The summed E-state index contributed by atoms with van der Waals surface area (Å²) in [6.45, 7) is -0.0382. The highest BCUT2D eigenvalue weighted by Gasteiger charge is 2.58. The number of carboxylic acid groups (broad SMARTS) is 1. The molecule has 1 saturated carbocycles. The maximum atomic E-state index is 13.2. The number of fused-ring (bicyclic) bond motifs is 4. The zero-order valence-corrected chi connectivity index (χ0v) is 18.5. The highest BCUT2D eigenvalue weighted by Crippen LogP contribution is 2.47. The molecule has 4 atom stereocenters. The summed E-state index contributed by atoms with van der Waals surface area (Å²) in [5.41, 5.74) is 3.90. The average molecular weight is 488 g/mol. The van der Waals surface area contributed by atoms with Crippen molar-refractivity contribution in [3.05, 3.63) is 59.7 Å². The van der Waals surface area contributed by atoms with Crippen LogP contribution in [0.5, 0.6) is 0 Å². The van der Waals surface area contributed by atoms with Crippen LogP contribution in [0.2, 0.25) is 0 Å². The van der Waals surface area contributed by atoms with E-state index in [9.17, 15) is 32.7 Å². The molecule has 2 saturated heterocycles. The van der Waals surface area contributed by atoms with Gasteiger partial charge in [-0.05, 0) is 34.6 Å². The molecule has 4 unspecified atom stereocenters. The van der Waals surface area contributed by atoms with Crippen LogP contribution in [-0.2, 0) is 14.3 Å². The molecule has 0 radical (unpaired) electrons. The number of carboxylic acids is 1. The fraction of sp³-hybridized carbons (Fsp3) is 0.400. The third kappa shape index (κ3) is 4.21. The Morgan fingerprint density at radius 2 is 1.66 bits per heavy atom. The molecule has 10 heteroatoms. The zero-order valence-electron chi connectivity index (χ0n) is 18.5. The second kappa shape index (κ2) is 8.58. The lowest BCUT2D eigenvalue weighted by atomic mass is 9.74. The van der Waals surface area contributed by atoms with Crippen molar-refractivity contribution in [1.29, 1.82) is 0 Å². The van der Waals surface area contributed by atoms with E-state index in [1.165, 1.54) is 0 Å². The van der Waals surface area contributed by atoms with Gasteiger partial charge in [-0.25, -0.2) is 4.79 Å². The highest BCUT2D eigenvalue weighted by atomic mass is 19.4. The van der Waals surface area contributed by atoms with Gasteiger partial charge in [0.25, 0.3) is 0 Å². The number of ether oxygens (including phenoxy) is 1. The molecule has 2 aliphatic carbocycles. The topological polar surface area (TPSA) is 95.9 Å². The molecule has 2 amide bonds. The van der Waals surface area contributed by atoms with Gasteiger partial charge in [0.2, 0.25) is 5.91 Å². The number of halogens is 3. The summed E-state index contributed by atoms with van der Waals surface area (Å²) in [5.74, 6) is -3.35. The molecule has 4 aliphatic rings. The van der Waals surface area contributed by atoms with E-state index in [4.69, 9.17) is 4.74 Å². The van der Waals surface area contributed by atoms with Crippen molar-refractivity contribution in [2.24, 2.45) is 11.8 Å². The number of hydrogen-bond donors (Lipinski definition) is 2. The Morgan fingerprint density at radius 1 is 1.06 bits per heavy atom. The number of nitrogens with zero attached hydrogens (tertiary/aromatic N) is 1. The molecule has 2 aliphatic heterocycles. The van der Waals surface area contributed by atoms with Gasteiger partial charge in [0.15, 0.2) is 0 Å². The molecule has 184 valence electrons. The number of aliphatic carboxylic acids is 1. The SMILES string of the molecule is O=C(NC(CC(F)(F)F)C(=O)N1CC2CC1C2C(=O)O)OCC1c2ccccc2-c2ccccc21. The van der Waals surface area contributed by atoms with Crippen molar-refractivity contribution >= 4 is 18.0 Å². The minimum absolute atomic E-state index is 0.0706. The number of amides is 2. The number of alkyl halides is 3.